The first-order valence-corrected chi connectivity index (χ1v) is 4.09. The molecule has 4 heteroatoms. The number of ketones is 1. The maximum absolute atomic E-state index is 11.2. The number of carbonyl (C=O) groups is 1. The summed E-state index contributed by atoms with van der Waals surface area (Å²) in [7, 11) is 1.37. The van der Waals surface area contributed by atoms with Crippen LogP contribution in [0.25, 0.3) is 0 Å². The van der Waals surface area contributed by atoms with Crippen molar-refractivity contribution in [2.75, 3.05) is 7.11 Å². The van der Waals surface area contributed by atoms with Gasteiger partial charge in [0.25, 0.3) is 0 Å². The van der Waals surface area contributed by atoms with E-state index in [4.69, 9.17) is 4.74 Å². The van der Waals surface area contributed by atoms with Gasteiger partial charge in [-0.15, -0.1) is 0 Å². The minimum Gasteiger partial charge on any atom is -0.507 e. The van der Waals surface area contributed by atoms with Crippen molar-refractivity contribution in [1.82, 2.24) is 0 Å². The lowest BCUT2D eigenvalue weighted by atomic mass is 10.0. The van der Waals surface area contributed by atoms with Crippen LogP contribution in [0.3, 0.4) is 0 Å². The van der Waals surface area contributed by atoms with E-state index in [1.165, 1.54) is 27.0 Å². The average molecular weight is 196 g/mol. The van der Waals surface area contributed by atoms with Crippen molar-refractivity contribution >= 4 is 5.78 Å². The molecule has 0 unspecified atom stereocenters. The lowest BCUT2D eigenvalue weighted by molar-refractivity contribution is 0.101. The number of Topliss-reactive ketones (excluding diaryl/α,β-unsaturated/α-hetero) is 1. The molecular weight excluding hydrogens is 184 g/mol. The van der Waals surface area contributed by atoms with Crippen molar-refractivity contribution in [2.24, 2.45) is 0 Å². The zero-order chi connectivity index (χ0) is 10.9. The number of ether oxygens (including phenoxy) is 1. The molecule has 0 fully saturated rings. The van der Waals surface area contributed by atoms with Crippen molar-refractivity contribution in [3.63, 3.8) is 0 Å². The number of hydrogen-bond acceptors (Lipinski definition) is 4. The molecule has 0 atom stereocenters. The molecule has 0 aliphatic carbocycles. The quantitative estimate of drug-likeness (QED) is 0.705. The molecule has 0 saturated carbocycles. The SMILES string of the molecule is COc1cc(O)c(C)c(O)c1C(C)=O. The third-order valence-corrected chi connectivity index (χ3v) is 2.06. The van der Waals surface area contributed by atoms with Gasteiger partial charge in [0.15, 0.2) is 5.78 Å². The Kier molecular flexibility index (Phi) is 2.65. The normalized spacial score (nSPS) is 9.93. The van der Waals surface area contributed by atoms with Gasteiger partial charge in [-0.05, 0) is 13.8 Å². The summed E-state index contributed by atoms with van der Waals surface area (Å²) in [6, 6.07) is 1.31. The lowest BCUT2D eigenvalue weighted by Gasteiger charge is -2.11. The van der Waals surface area contributed by atoms with Gasteiger partial charge < -0.3 is 14.9 Å². The Balaban J connectivity index is 3.53. The maximum Gasteiger partial charge on any atom is 0.167 e. The highest BCUT2D eigenvalue weighted by molar-refractivity contribution is 6.00. The smallest absolute Gasteiger partial charge is 0.167 e. The van der Waals surface area contributed by atoms with E-state index in [9.17, 15) is 15.0 Å². The van der Waals surface area contributed by atoms with Crippen molar-refractivity contribution < 1.29 is 19.7 Å². The molecular formula is C10H12O4. The van der Waals surface area contributed by atoms with E-state index in [1.807, 2.05) is 0 Å². The van der Waals surface area contributed by atoms with Gasteiger partial charge in [-0.1, -0.05) is 0 Å². The summed E-state index contributed by atoms with van der Waals surface area (Å²) >= 11 is 0. The van der Waals surface area contributed by atoms with Gasteiger partial charge in [0.2, 0.25) is 0 Å². The molecule has 4 nitrogen and oxygen atoms in total. The van der Waals surface area contributed by atoms with E-state index in [1.54, 1.807) is 0 Å². The molecule has 0 heterocycles. The van der Waals surface area contributed by atoms with E-state index < -0.39 is 0 Å². The van der Waals surface area contributed by atoms with Crippen molar-refractivity contribution in [3.05, 3.63) is 17.2 Å². The number of rotatable bonds is 2. The van der Waals surface area contributed by atoms with Gasteiger partial charge in [0.05, 0.1) is 7.11 Å². The molecule has 0 spiro atoms. The van der Waals surface area contributed by atoms with Gasteiger partial charge in [0, 0.05) is 11.6 Å². The molecule has 0 saturated heterocycles. The molecule has 1 aromatic rings. The topological polar surface area (TPSA) is 66.8 Å². The fourth-order valence-electron chi connectivity index (χ4n) is 1.23. The Morgan fingerprint density at radius 2 is 2.00 bits per heavy atom. The highest BCUT2D eigenvalue weighted by atomic mass is 16.5. The highest BCUT2D eigenvalue weighted by Gasteiger charge is 2.18. The van der Waals surface area contributed by atoms with Crippen LogP contribution in [0.4, 0.5) is 0 Å². The zero-order valence-electron chi connectivity index (χ0n) is 8.29. The van der Waals surface area contributed by atoms with Crippen molar-refractivity contribution in [3.8, 4) is 17.2 Å². The second kappa shape index (κ2) is 3.57. The molecule has 0 bridgehead atoms. The fraction of sp³-hybridized carbons (Fsp3) is 0.300. The summed E-state index contributed by atoms with van der Waals surface area (Å²) in [4.78, 5) is 11.2. The number of carbonyl (C=O) groups excluding carboxylic acids is 1. The van der Waals surface area contributed by atoms with E-state index in [2.05, 4.69) is 0 Å². The summed E-state index contributed by atoms with van der Waals surface area (Å²) < 4.78 is 4.88. The molecule has 1 aromatic carbocycles. The van der Waals surface area contributed by atoms with E-state index in [0.717, 1.165) is 0 Å². The second-order valence-electron chi connectivity index (χ2n) is 3.00. The van der Waals surface area contributed by atoms with Crippen LogP contribution in [0, 0.1) is 6.92 Å². The van der Waals surface area contributed by atoms with E-state index >= 15 is 0 Å². The van der Waals surface area contributed by atoms with Crippen LogP contribution in [0.2, 0.25) is 0 Å². The Bertz CT molecular complexity index is 382. The fourth-order valence-corrected chi connectivity index (χ4v) is 1.23. The third-order valence-electron chi connectivity index (χ3n) is 2.06. The molecule has 0 aliphatic heterocycles. The van der Waals surface area contributed by atoms with Crippen LogP contribution in [0.15, 0.2) is 6.07 Å². The minimum absolute atomic E-state index is 0.0932. The predicted molar refractivity (Wildman–Crippen MR) is 51.1 cm³/mol. The first-order chi connectivity index (χ1) is 6.49. The van der Waals surface area contributed by atoms with Crippen LogP contribution < -0.4 is 4.74 Å². The summed E-state index contributed by atoms with van der Waals surface area (Å²) in [5.41, 5.74) is 0.374. The Morgan fingerprint density at radius 1 is 1.43 bits per heavy atom. The summed E-state index contributed by atoms with van der Waals surface area (Å²) in [5, 5.41) is 19.0. The number of phenols is 2. The van der Waals surface area contributed by atoms with Gasteiger partial charge in [-0.25, -0.2) is 0 Å². The van der Waals surface area contributed by atoms with E-state index in [-0.39, 0.29) is 34.2 Å². The monoisotopic (exact) mass is 196 g/mol. The van der Waals surface area contributed by atoms with Gasteiger partial charge in [-0.3, -0.25) is 4.79 Å². The van der Waals surface area contributed by atoms with Gasteiger partial charge in [0.1, 0.15) is 22.8 Å². The highest BCUT2D eigenvalue weighted by Crippen LogP contribution is 2.37. The van der Waals surface area contributed by atoms with Crippen LogP contribution in [-0.4, -0.2) is 23.1 Å². The molecule has 0 radical (unpaired) electrons. The molecule has 1 rings (SSSR count). The second-order valence-corrected chi connectivity index (χ2v) is 3.00. The Morgan fingerprint density at radius 3 is 2.43 bits per heavy atom. The number of aromatic hydroxyl groups is 2. The Labute approximate surface area is 81.8 Å². The third kappa shape index (κ3) is 1.51. The van der Waals surface area contributed by atoms with Gasteiger partial charge >= 0.3 is 0 Å². The van der Waals surface area contributed by atoms with Gasteiger partial charge in [-0.2, -0.15) is 0 Å². The number of benzene rings is 1. The van der Waals surface area contributed by atoms with Crippen LogP contribution in [0.1, 0.15) is 22.8 Å². The minimum atomic E-state index is -0.303. The van der Waals surface area contributed by atoms with Crippen LogP contribution in [-0.2, 0) is 0 Å². The molecule has 76 valence electrons. The maximum atomic E-state index is 11.2. The average Bonchev–Trinajstić information content (AvgIpc) is 2.12. The number of phenolic OH excluding ortho intramolecular Hbond substituents is 2. The lowest BCUT2D eigenvalue weighted by Crippen LogP contribution is -1.99. The summed E-state index contributed by atoms with van der Waals surface area (Å²) in [6.45, 7) is 2.85. The van der Waals surface area contributed by atoms with Crippen LogP contribution >= 0.6 is 0 Å². The standard InChI is InChI=1S/C10H12O4/c1-5-7(12)4-8(14-3)9(6(2)11)10(5)13/h4,12-13H,1-3H3. The van der Waals surface area contributed by atoms with Crippen LogP contribution in [0.5, 0.6) is 17.2 Å². The molecule has 0 amide bonds. The molecule has 14 heavy (non-hydrogen) atoms. The largest absolute Gasteiger partial charge is 0.507 e. The Hall–Kier alpha value is -1.71. The first kappa shape index (κ1) is 10.4. The summed E-state index contributed by atoms with van der Waals surface area (Å²) in [5.74, 6) is -0.445. The zero-order valence-corrected chi connectivity index (χ0v) is 8.29. The van der Waals surface area contributed by atoms with Crippen molar-refractivity contribution in [1.29, 1.82) is 0 Å². The molecule has 2 N–H and O–H groups in total. The van der Waals surface area contributed by atoms with E-state index in [0.29, 0.717) is 0 Å². The first-order valence-electron chi connectivity index (χ1n) is 4.09. The number of hydrogen-bond donors (Lipinski definition) is 2. The predicted octanol–water partition coefficient (Wildman–Crippen LogP) is 1.62. The number of methoxy groups -OCH3 is 1. The molecule has 0 aromatic heterocycles. The molecule has 0 aliphatic rings. The summed E-state index contributed by atoms with van der Waals surface area (Å²) in [6.07, 6.45) is 0. The van der Waals surface area contributed by atoms with Crippen molar-refractivity contribution in [2.45, 2.75) is 13.8 Å².